The number of nitrogens with zero attached hydrogens (tertiary/aromatic N) is 4. The maximum absolute atomic E-state index is 6.28. The van der Waals surface area contributed by atoms with Gasteiger partial charge in [-0.15, -0.1) is 0 Å². The van der Waals surface area contributed by atoms with Gasteiger partial charge < -0.3 is 25.8 Å². The summed E-state index contributed by atoms with van der Waals surface area (Å²) in [5, 5.41) is 3.37. The Morgan fingerprint density at radius 1 is 1.04 bits per heavy atom. The highest BCUT2D eigenvalue weighted by molar-refractivity contribution is 5.73. The number of rotatable bonds is 11. The third-order valence-electron chi connectivity index (χ3n) is 3.81. The van der Waals surface area contributed by atoms with E-state index < -0.39 is 5.79 Å². The Bertz CT molecular complexity index is 378. The minimum atomic E-state index is -0.778. The van der Waals surface area contributed by atoms with Crippen LogP contribution in [0.3, 0.4) is 0 Å². The number of allylic oxidation sites excluding steroid dienone is 1. The molecule has 7 nitrogen and oxygen atoms in total. The van der Waals surface area contributed by atoms with Crippen molar-refractivity contribution < 1.29 is 0 Å². The average molecular weight is 326 g/mol. The van der Waals surface area contributed by atoms with Crippen LogP contribution in [0.4, 0.5) is 0 Å². The first-order chi connectivity index (χ1) is 10.9. The third kappa shape index (κ3) is 7.78. The highest BCUT2D eigenvalue weighted by Crippen LogP contribution is 2.14. The zero-order chi connectivity index (χ0) is 17.3. The molecule has 0 amide bonds. The molecule has 1 unspecified atom stereocenters. The second-order valence-corrected chi connectivity index (χ2v) is 6.72. The SMILES string of the molecule is CN(C)CCCN(CCCN(C)C)C1=CC=NC(N)(CCN)N1. The van der Waals surface area contributed by atoms with Crippen molar-refractivity contribution in [2.24, 2.45) is 16.5 Å². The summed E-state index contributed by atoms with van der Waals surface area (Å²) < 4.78 is 0. The highest BCUT2D eigenvalue weighted by Gasteiger charge is 2.26. The zero-order valence-corrected chi connectivity index (χ0v) is 15.3. The summed E-state index contributed by atoms with van der Waals surface area (Å²) in [5.74, 6) is 0.272. The fourth-order valence-corrected chi connectivity index (χ4v) is 2.58. The van der Waals surface area contributed by atoms with Crippen LogP contribution >= 0.6 is 0 Å². The maximum atomic E-state index is 6.28. The van der Waals surface area contributed by atoms with Gasteiger partial charge in [0, 0.05) is 25.7 Å². The van der Waals surface area contributed by atoms with Gasteiger partial charge in [0.25, 0.3) is 0 Å². The van der Waals surface area contributed by atoms with Gasteiger partial charge in [0.1, 0.15) is 5.82 Å². The lowest BCUT2D eigenvalue weighted by Crippen LogP contribution is -2.56. The molecule has 0 fully saturated rings. The molecular weight excluding hydrogens is 290 g/mol. The maximum Gasteiger partial charge on any atom is 0.184 e. The molecule has 0 spiro atoms. The molecule has 1 atom stereocenters. The second kappa shape index (κ2) is 9.87. The van der Waals surface area contributed by atoms with Crippen LogP contribution in [0.15, 0.2) is 16.9 Å². The molecule has 0 aliphatic carbocycles. The lowest BCUT2D eigenvalue weighted by atomic mass is 10.2. The van der Waals surface area contributed by atoms with Crippen molar-refractivity contribution in [2.45, 2.75) is 25.0 Å². The van der Waals surface area contributed by atoms with Crippen LogP contribution in [-0.2, 0) is 0 Å². The van der Waals surface area contributed by atoms with Crippen LogP contribution in [0.25, 0.3) is 0 Å². The van der Waals surface area contributed by atoms with E-state index in [1.165, 1.54) is 0 Å². The molecular formula is C16H35N7. The first kappa shape index (κ1) is 19.9. The third-order valence-corrected chi connectivity index (χ3v) is 3.81. The van der Waals surface area contributed by atoms with Crippen molar-refractivity contribution >= 4 is 6.21 Å². The van der Waals surface area contributed by atoms with E-state index in [4.69, 9.17) is 11.5 Å². The Morgan fingerprint density at radius 2 is 1.61 bits per heavy atom. The van der Waals surface area contributed by atoms with Crippen LogP contribution in [0.5, 0.6) is 0 Å². The molecule has 0 bridgehead atoms. The largest absolute Gasteiger partial charge is 0.358 e. The van der Waals surface area contributed by atoms with E-state index in [0.717, 1.165) is 44.8 Å². The average Bonchev–Trinajstić information content (AvgIpc) is 2.45. The van der Waals surface area contributed by atoms with Crippen molar-refractivity contribution in [3.05, 3.63) is 11.9 Å². The molecule has 7 heteroatoms. The molecule has 0 aromatic rings. The van der Waals surface area contributed by atoms with Gasteiger partial charge in [0.05, 0.1) is 0 Å². The van der Waals surface area contributed by atoms with Crippen molar-refractivity contribution in [1.29, 1.82) is 0 Å². The van der Waals surface area contributed by atoms with Gasteiger partial charge in [-0.25, -0.2) is 0 Å². The number of hydrogen-bond donors (Lipinski definition) is 3. The van der Waals surface area contributed by atoms with Crippen LogP contribution in [0, 0.1) is 0 Å². The summed E-state index contributed by atoms with van der Waals surface area (Å²) in [6, 6.07) is 0. The Balaban J connectivity index is 2.65. The molecule has 1 heterocycles. The molecule has 23 heavy (non-hydrogen) atoms. The fraction of sp³-hybridized carbons (Fsp3) is 0.812. The summed E-state index contributed by atoms with van der Waals surface area (Å²) >= 11 is 0. The molecule has 0 aromatic heterocycles. The first-order valence-corrected chi connectivity index (χ1v) is 8.43. The van der Waals surface area contributed by atoms with Gasteiger partial charge >= 0.3 is 0 Å². The molecule has 1 aliphatic heterocycles. The van der Waals surface area contributed by atoms with Gasteiger partial charge in [0.15, 0.2) is 5.79 Å². The van der Waals surface area contributed by atoms with Crippen LogP contribution in [0.1, 0.15) is 19.3 Å². The molecule has 134 valence electrons. The van der Waals surface area contributed by atoms with Gasteiger partial charge in [0.2, 0.25) is 0 Å². The van der Waals surface area contributed by atoms with E-state index in [1.807, 2.05) is 6.08 Å². The molecule has 0 saturated carbocycles. The quantitative estimate of drug-likeness (QED) is 0.482. The second-order valence-electron chi connectivity index (χ2n) is 6.72. The van der Waals surface area contributed by atoms with Crippen molar-refractivity contribution in [3.63, 3.8) is 0 Å². The van der Waals surface area contributed by atoms with E-state index >= 15 is 0 Å². The minimum Gasteiger partial charge on any atom is -0.358 e. The molecule has 0 radical (unpaired) electrons. The van der Waals surface area contributed by atoms with Gasteiger partial charge in [-0.2, -0.15) is 0 Å². The van der Waals surface area contributed by atoms with Gasteiger partial charge in [-0.3, -0.25) is 10.7 Å². The molecule has 0 aromatic carbocycles. The normalized spacial score (nSPS) is 20.8. The predicted octanol–water partition coefficient (Wildman–Crippen LogP) is -0.331. The van der Waals surface area contributed by atoms with E-state index in [-0.39, 0.29) is 0 Å². The highest BCUT2D eigenvalue weighted by atomic mass is 15.4. The zero-order valence-electron chi connectivity index (χ0n) is 15.3. The van der Waals surface area contributed by atoms with E-state index in [0.29, 0.717) is 13.0 Å². The smallest absolute Gasteiger partial charge is 0.184 e. The lowest BCUT2D eigenvalue weighted by Gasteiger charge is -2.37. The van der Waals surface area contributed by atoms with Crippen LogP contribution < -0.4 is 16.8 Å². The van der Waals surface area contributed by atoms with Crippen molar-refractivity contribution in [2.75, 3.05) is 60.9 Å². The van der Waals surface area contributed by atoms with Crippen molar-refractivity contribution in [1.82, 2.24) is 20.0 Å². The summed E-state index contributed by atoms with van der Waals surface area (Å²) in [5.41, 5.74) is 11.9. The summed E-state index contributed by atoms with van der Waals surface area (Å²) in [7, 11) is 8.42. The van der Waals surface area contributed by atoms with Gasteiger partial charge in [-0.1, -0.05) is 0 Å². The van der Waals surface area contributed by atoms with Crippen molar-refractivity contribution in [3.8, 4) is 0 Å². The number of nitrogens with two attached hydrogens (primary N) is 2. The Labute approximate surface area is 141 Å². The first-order valence-electron chi connectivity index (χ1n) is 8.43. The van der Waals surface area contributed by atoms with Crippen LogP contribution in [0.2, 0.25) is 0 Å². The Kier molecular flexibility index (Phi) is 8.54. The van der Waals surface area contributed by atoms with E-state index in [9.17, 15) is 0 Å². The molecule has 5 N–H and O–H groups in total. The Morgan fingerprint density at radius 3 is 2.09 bits per heavy atom. The summed E-state index contributed by atoms with van der Waals surface area (Å²) in [4.78, 5) is 11.1. The Hall–Kier alpha value is -1.15. The number of nitrogens with one attached hydrogen (secondary N) is 1. The molecule has 1 rings (SSSR count). The van der Waals surface area contributed by atoms with Crippen LogP contribution in [-0.4, -0.2) is 87.6 Å². The topological polar surface area (TPSA) is 86.1 Å². The predicted molar refractivity (Wildman–Crippen MR) is 98.2 cm³/mol. The summed E-state index contributed by atoms with van der Waals surface area (Å²) in [6.07, 6.45) is 6.64. The fourth-order valence-electron chi connectivity index (χ4n) is 2.58. The standard InChI is InChI=1S/C16H35N7/c1-21(2)11-5-13-23(14-6-12-22(3)4)15-7-10-19-16(18,20-15)8-9-17/h7,10,20H,5-6,8-9,11-14,17-18H2,1-4H3. The van der Waals surface area contributed by atoms with E-state index in [1.54, 1.807) is 6.21 Å². The molecule has 1 aliphatic rings. The monoisotopic (exact) mass is 325 g/mol. The number of aliphatic imine (C=N–C) groups is 1. The van der Waals surface area contributed by atoms with E-state index in [2.05, 4.69) is 53.2 Å². The number of hydrogen-bond acceptors (Lipinski definition) is 7. The lowest BCUT2D eigenvalue weighted by molar-refractivity contribution is 0.239. The summed E-state index contributed by atoms with van der Waals surface area (Å²) in [6.45, 7) is 4.65. The molecule has 0 saturated heterocycles. The van der Waals surface area contributed by atoms with Gasteiger partial charge in [-0.05, 0) is 66.7 Å². The minimum absolute atomic E-state index is 0.509.